The van der Waals surface area contributed by atoms with Crippen LogP contribution in [0.25, 0.3) is 0 Å². The highest BCUT2D eigenvalue weighted by atomic mass is 31.2. The number of likely N-dealkylation sites (N-methyl/N-ethyl adjacent to an activating group) is 1. The van der Waals surface area contributed by atoms with Gasteiger partial charge in [0.15, 0.2) is 0 Å². The van der Waals surface area contributed by atoms with E-state index >= 15 is 0 Å². The van der Waals surface area contributed by atoms with Crippen molar-refractivity contribution in [2.24, 2.45) is 0 Å². The molecule has 0 aromatic heterocycles. The monoisotopic (exact) mass is 1140 g/mol. The van der Waals surface area contributed by atoms with Crippen LogP contribution >= 0.6 is 7.82 Å². The van der Waals surface area contributed by atoms with Crippen molar-refractivity contribution >= 4 is 19.7 Å². The highest BCUT2D eigenvalue weighted by molar-refractivity contribution is 7.47. The molecule has 0 saturated heterocycles. The zero-order chi connectivity index (χ0) is 58.6. The predicted octanol–water partition coefficient (Wildman–Crippen LogP) is 20.7. The minimum absolute atomic E-state index is 0.0324. The summed E-state index contributed by atoms with van der Waals surface area (Å²) in [6.45, 7) is 6.89. The Bertz CT molecular complexity index is 1690. The summed E-state index contributed by atoms with van der Waals surface area (Å²) in [4.78, 5) is 37.8. The van der Waals surface area contributed by atoms with E-state index in [-0.39, 0.29) is 31.5 Å². The predicted molar refractivity (Wildman–Crippen MR) is 346 cm³/mol. The second-order valence-corrected chi connectivity index (χ2v) is 24.7. The molecule has 0 spiro atoms. The fourth-order valence-electron chi connectivity index (χ4n) is 9.17. The number of phosphoric acid groups is 1. The molecule has 2 N–H and O–H groups in total. The van der Waals surface area contributed by atoms with Gasteiger partial charge in [0.2, 0.25) is 5.91 Å². The molecule has 0 aliphatic heterocycles. The van der Waals surface area contributed by atoms with Gasteiger partial charge in [0.05, 0.1) is 33.8 Å². The van der Waals surface area contributed by atoms with Gasteiger partial charge in [0.1, 0.15) is 19.3 Å². The van der Waals surface area contributed by atoms with Crippen LogP contribution in [-0.2, 0) is 27.9 Å². The van der Waals surface area contributed by atoms with Gasteiger partial charge in [-0.3, -0.25) is 18.6 Å². The molecule has 3 atom stereocenters. The fourth-order valence-corrected chi connectivity index (χ4v) is 9.91. The molecular weight excluding hydrogens is 1010 g/mol. The molecule has 9 nitrogen and oxygen atoms in total. The zero-order valence-corrected chi connectivity index (χ0v) is 53.7. The van der Waals surface area contributed by atoms with Crippen molar-refractivity contribution in [2.45, 2.75) is 296 Å². The Balaban J connectivity index is 5.20. The average Bonchev–Trinajstić information content (AvgIpc) is 3.42. The molecule has 0 rings (SSSR count). The number of phosphoric ester groups is 1. The number of esters is 1. The van der Waals surface area contributed by atoms with Gasteiger partial charge in [-0.05, 0) is 109 Å². The molecule has 0 saturated carbocycles. The third-order valence-corrected chi connectivity index (χ3v) is 15.2. The smallest absolute Gasteiger partial charge is 0.456 e. The number of hydrogen-bond acceptors (Lipinski definition) is 6. The molecular formula is C70H126N2O7P+. The summed E-state index contributed by atoms with van der Waals surface area (Å²) in [5, 5.41) is 3.05. The number of allylic oxidation sites excluding steroid dienone is 15. The highest BCUT2D eigenvalue weighted by Gasteiger charge is 2.30. The van der Waals surface area contributed by atoms with Crippen molar-refractivity contribution in [1.82, 2.24) is 5.32 Å². The first-order chi connectivity index (χ1) is 38.9. The van der Waals surface area contributed by atoms with Crippen LogP contribution in [0.1, 0.15) is 284 Å². The topological polar surface area (TPSA) is 111 Å². The lowest BCUT2D eigenvalue weighted by atomic mass is 10.0. The van der Waals surface area contributed by atoms with Gasteiger partial charge in [-0.2, -0.15) is 0 Å². The molecule has 0 bridgehead atoms. The maximum absolute atomic E-state index is 13.6. The number of rotatable bonds is 59. The fraction of sp³-hybridized carbons (Fsp3) is 0.743. The number of unbranched alkanes of at least 4 members (excludes halogenated alkanes) is 29. The summed E-state index contributed by atoms with van der Waals surface area (Å²) in [6.07, 6.45) is 79.7. The van der Waals surface area contributed by atoms with E-state index < -0.39 is 20.0 Å². The molecule has 3 unspecified atom stereocenters. The summed E-state index contributed by atoms with van der Waals surface area (Å²) in [7, 11) is 1.47. The SMILES string of the molecule is CC/C=C\C/C=C\C/C=C\C/C=C\C/C=C\C/C=C\CCCCCCCCC(=O)NC(COP(=O)(O)OCC[N+](C)(C)C)C(/C=C\CCCCCCCCCCCC)OC(=O)CCCCCCCCC/C=C/CCCCCCCC. The lowest BCUT2D eigenvalue weighted by Gasteiger charge is -2.27. The maximum atomic E-state index is 13.6. The highest BCUT2D eigenvalue weighted by Crippen LogP contribution is 2.43. The van der Waals surface area contributed by atoms with Gasteiger partial charge in [-0.15, -0.1) is 0 Å². The molecule has 0 aliphatic rings. The van der Waals surface area contributed by atoms with E-state index in [2.05, 4.69) is 111 Å². The Morgan fingerprint density at radius 2 is 0.800 bits per heavy atom. The largest absolute Gasteiger partial charge is 0.472 e. The molecule has 0 aliphatic carbocycles. The van der Waals surface area contributed by atoms with E-state index in [9.17, 15) is 19.0 Å². The standard InChI is InChI=1S/C70H125N2O7P/c1-7-10-13-16-19-22-25-28-30-32-33-34-35-36-37-38-39-41-42-44-47-50-53-56-59-62-69(73)71-67(66-78-80(75,76)77-65-64-72(4,5)6)68(61-58-55-52-49-46-27-24-21-18-15-12-9-3)79-70(74)63-60-57-54-51-48-45-43-40-31-29-26-23-20-17-14-11-8-2/h10,13,19,22,28-31,33-34,36-37,39,41,58,61,67-68H,7-9,11-12,14-18,20-21,23-27,32,35,38,40,42-57,59-60,62-66H2,1-6H3,(H-,71,73,75,76)/p+1/b13-10-,22-19-,30-28-,31-29+,34-33-,37-36-,41-39-,61-58-. The lowest BCUT2D eigenvalue weighted by Crippen LogP contribution is -2.47. The molecule has 462 valence electrons. The van der Waals surface area contributed by atoms with Crippen molar-refractivity contribution in [3.05, 3.63) is 97.2 Å². The van der Waals surface area contributed by atoms with Crippen LogP contribution in [0.4, 0.5) is 0 Å². The second-order valence-electron chi connectivity index (χ2n) is 23.3. The number of amides is 1. The average molecular weight is 1140 g/mol. The summed E-state index contributed by atoms with van der Waals surface area (Å²) in [5.41, 5.74) is 0. The van der Waals surface area contributed by atoms with E-state index in [1.807, 2.05) is 33.3 Å². The summed E-state index contributed by atoms with van der Waals surface area (Å²) in [6, 6.07) is -0.864. The van der Waals surface area contributed by atoms with Gasteiger partial charge in [0.25, 0.3) is 0 Å². The Labute approximate surface area is 494 Å². The van der Waals surface area contributed by atoms with Gasteiger partial charge >= 0.3 is 13.8 Å². The maximum Gasteiger partial charge on any atom is 0.472 e. The van der Waals surface area contributed by atoms with Crippen molar-refractivity contribution in [3.8, 4) is 0 Å². The first-order valence-electron chi connectivity index (χ1n) is 33.1. The van der Waals surface area contributed by atoms with Crippen LogP contribution in [0.2, 0.25) is 0 Å². The quantitative estimate of drug-likeness (QED) is 0.0205. The van der Waals surface area contributed by atoms with E-state index in [1.54, 1.807) is 0 Å². The Morgan fingerprint density at radius 3 is 1.21 bits per heavy atom. The zero-order valence-electron chi connectivity index (χ0n) is 52.8. The normalized spacial score (nSPS) is 14.2. The number of hydrogen-bond donors (Lipinski definition) is 2. The molecule has 0 aromatic rings. The summed E-state index contributed by atoms with van der Waals surface area (Å²) < 4.78 is 30.7. The van der Waals surface area contributed by atoms with Crippen LogP contribution < -0.4 is 5.32 Å². The molecule has 0 radical (unpaired) electrons. The van der Waals surface area contributed by atoms with Gasteiger partial charge in [0, 0.05) is 12.8 Å². The third-order valence-electron chi connectivity index (χ3n) is 14.3. The van der Waals surface area contributed by atoms with Crippen LogP contribution in [-0.4, -0.2) is 74.3 Å². The number of quaternary nitrogens is 1. The number of nitrogens with one attached hydrogen (secondary N) is 1. The number of carbonyl (C=O) groups excluding carboxylic acids is 2. The van der Waals surface area contributed by atoms with Crippen molar-refractivity contribution in [2.75, 3.05) is 40.9 Å². The minimum Gasteiger partial charge on any atom is -0.456 e. The lowest BCUT2D eigenvalue weighted by molar-refractivity contribution is -0.870. The van der Waals surface area contributed by atoms with E-state index in [1.165, 1.54) is 116 Å². The van der Waals surface area contributed by atoms with Crippen molar-refractivity contribution in [3.63, 3.8) is 0 Å². The third kappa shape index (κ3) is 59.5. The second kappa shape index (κ2) is 59.1. The van der Waals surface area contributed by atoms with Gasteiger partial charge in [-0.25, -0.2) is 4.57 Å². The Kier molecular flexibility index (Phi) is 56.8. The first-order valence-corrected chi connectivity index (χ1v) is 34.6. The molecule has 1 amide bonds. The van der Waals surface area contributed by atoms with Crippen LogP contribution in [0.3, 0.4) is 0 Å². The summed E-state index contributed by atoms with van der Waals surface area (Å²) >= 11 is 0. The van der Waals surface area contributed by atoms with E-state index in [0.717, 1.165) is 135 Å². The molecule has 0 fully saturated rings. The Hall–Kier alpha value is -3.07. The van der Waals surface area contributed by atoms with Crippen LogP contribution in [0.15, 0.2) is 97.2 Å². The first kappa shape index (κ1) is 76.9. The Morgan fingerprint density at radius 1 is 0.450 bits per heavy atom. The molecule has 0 heterocycles. The molecule has 80 heavy (non-hydrogen) atoms. The van der Waals surface area contributed by atoms with Crippen molar-refractivity contribution < 1.29 is 37.3 Å². The molecule has 0 aromatic carbocycles. The summed E-state index contributed by atoms with van der Waals surface area (Å²) in [5.74, 6) is -0.527. The van der Waals surface area contributed by atoms with E-state index in [4.69, 9.17) is 13.8 Å². The minimum atomic E-state index is -4.46. The van der Waals surface area contributed by atoms with Crippen LogP contribution in [0, 0.1) is 0 Å². The number of carbonyl (C=O) groups is 2. The van der Waals surface area contributed by atoms with Gasteiger partial charge < -0.3 is 19.4 Å². The number of nitrogens with zero attached hydrogens (tertiary/aromatic N) is 1. The van der Waals surface area contributed by atoms with E-state index in [0.29, 0.717) is 17.4 Å². The number of ether oxygens (including phenoxy) is 1. The van der Waals surface area contributed by atoms with Gasteiger partial charge in [-0.1, -0.05) is 260 Å². The molecule has 10 heteroatoms. The van der Waals surface area contributed by atoms with Crippen molar-refractivity contribution in [1.29, 1.82) is 0 Å². The van der Waals surface area contributed by atoms with Crippen LogP contribution in [0.5, 0.6) is 0 Å².